The van der Waals surface area contributed by atoms with E-state index < -0.39 is 35.6 Å². The van der Waals surface area contributed by atoms with Crippen molar-refractivity contribution < 1.29 is 29.0 Å². The van der Waals surface area contributed by atoms with Crippen LogP contribution in [0.4, 0.5) is 0 Å². The Balaban J connectivity index is 2.00. The van der Waals surface area contributed by atoms with Crippen molar-refractivity contribution in [2.45, 2.75) is 48.8 Å². The highest BCUT2D eigenvalue weighted by atomic mass is 79.9. The lowest BCUT2D eigenvalue weighted by Crippen LogP contribution is -2.57. The molecule has 3 aliphatic rings. The molecule has 3 heterocycles. The summed E-state index contributed by atoms with van der Waals surface area (Å²) >= 11 is 3.60. The molecule has 9 heteroatoms. The molecule has 1 N–H and O–H groups in total. The highest BCUT2D eigenvalue weighted by Gasteiger charge is 2.77. The number of unbranched alkanes of at least 4 members (excludes halogenated alkanes) is 1. The van der Waals surface area contributed by atoms with Gasteiger partial charge in [-0.3, -0.25) is 14.4 Å². The zero-order valence-electron chi connectivity index (χ0n) is 17.9. The van der Waals surface area contributed by atoms with Gasteiger partial charge in [0.25, 0.3) is 0 Å². The monoisotopic (exact) mass is 498 g/mol. The minimum Gasteiger partial charge on any atom is -0.461 e. The van der Waals surface area contributed by atoms with Crippen molar-refractivity contribution >= 4 is 33.7 Å². The summed E-state index contributed by atoms with van der Waals surface area (Å²) in [4.78, 5) is 42.9. The molecule has 6 atom stereocenters. The number of amides is 2. The topological polar surface area (TPSA) is 96.4 Å². The van der Waals surface area contributed by atoms with Crippen molar-refractivity contribution in [1.29, 1.82) is 0 Å². The number of hydrogen-bond acceptors (Lipinski definition) is 6. The summed E-state index contributed by atoms with van der Waals surface area (Å²) in [5.74, 6) is -2.74. The fraction of sp³-hybridized carbons (Fsp3) is 0.682. The Morgan fingerprint density at radius 3 is 2.77 bits per heavy atom. The van der Waals surface area contributed by atoms with Crippen LogP contribution in [0.2, 0.25) is 0 Å². The third-order valence-corrected chi connectivity index (χ3v) is 7.27. The lowest BCUT2D eigenvalue weighted by Gasteiger charge is -2.37. The fourth-order valence-corrected chi connectivity index (χ4v) is 6.18. The third kappa shape index (κ3) is 3.96. The fourth-order valence-electron chi connectivity index (χ4n) is 5.23. The number of nitrogens with zero attached hydrogens (tertiary/aromatic N) is 2. The minimum absolute atomic E-state index is 0.00139. The van der Waals surface area contributed by atoms with Gasteiger partial charge in [-0.1, -0.05) is 48.0 Å². The summed E-state index contributed by atoms with van der Waals surface area (Å²) in [5.41, 5.74) is -1.13. The predicted octanol–water partition coefficient (Wildman–Crippen LogP) is 1.27. The molecular formula is C22H31BrN2O6. The average Bonchev–Trinajstić information content (AvgIpc) is 3.33. The van der Waals surface area contributed by atoms with Gasteiger partial charge < -0.3 is 24.4 Å². The number of alkyl halides is 1. The van der Waals surface area contributed by atoms with Gasteiger partial charge in [0.1, 0.15) is 18.2 Å². The van der Waals surface area contributed by atoms with Gasteiger partial charge in [-0.15, -0.1) is 6.58 Å². The molecule has 3 rings (SSSR count). The number of hydrogen-bond donors (Lipinski definition) is 1. The maximum absolute atomic E-state index is 13.7. The van der Waals surface area contributed by atoms with E-state index in [1.807, 2.05) is 6.92 Å². The summed E-state index contributed by atoms with van der Waals surface area (Å²) in [6, 6.07) is -0.906. The maximum Gasteiger partial charge on any atom is 0.312 e. The molecule has 0 aliphatic carbocycles. The Morgan fingerprint density at radius 1 is 1.42 bits per heavy atom. The van der Waals surface area contributed by atoms with Crippen molar-refractivity contribution in [2.75, 3.05) is 32.8 Å². The average molecular weight is 499 g/mol. The number of rotatable bonds is 11. The first-order valence-electron chi connectivity index (χ1n) is 10.8. The predicted molar refractivity (Wildman–Crippen MR) is 117 cm³/mol. The first kappa shape index (κ1) is 23.9. The van der Waals surface area contributed by atoms with Crippen molar-refractivity contribution in [1.82, 2.24) is 9.80 Å². The molecule has 0 radical (unpaired) electrons. The van der Waals surface area contributed by atoms with Gasteiger partial charge in [-0.05, 0) is 12.8 Å². The van der Waals surface area contributed by atoms with Gasteiger partial charge in [0.05, 0.1) is 24.5 Å². The zero-order valence-corrected chi connectivity index (χ0v) is 19.5. The molecule has 0 aromatic carbocycles. The van der Waals surface area contributed by atoms with E-state index in [4.69, 9.17) is 9.47 Å². The van der Waals surface area contributed by atoms with E-state index in [-0.39, 0.29) is 36.4 Å². The lowest BCUT2D eigenvalue weighted by atomic mass is 9.70. The van der Waals surface area contributed by atoms with E-state index in [9.17, 15) is 19.5 Å². The number of esters is 1. The highest BCUT2D eigenvalue weighted by Crippen LogP contribution is 2.60. The summed E-state index contributed by atoms with van der Waals surface area (Å²) in [5, 5.41) is 9.61. The van der Waals surface area contributed by atoms with Gasteiger partial charge in [-0.25, -0.2) is 0 Å². The number of aliphatic hydroxyl groups excluding tert-OH is 1. The maximum atomic E-state index is 13.7. The van der Waals surface area contributed by atoms with E-state index in [0.29, 0.717) is 19.5 Å². The SMILES string of the molecule is C=CCOC(=O)[C@H]1[C@@H]2OC3(CC2Br)C(C(=O)N(CC=C)CCCC)N(CCO)C(=O)[C@H]13. The van der Waals surface area contributed by atoms with Crippen LogP contribution < -0.4 is 0 Å². The number of carbonyl (C=O) groups excluding carboxylic acids is 3. The number of likely N-dealkylation sites (tertiary alicyclic amines) is 1. The number of ether oxygens (including phenoxy) is 2. The Morgan fingerprint density at radius 2 is 2.16 bits per heavy atom. The molecule has 3 saturated heterocycles. The van der Waals surface area contributed by atoms with Gasteiger partial charge in [0.2, 0.25) is 11.8 Å². The van der Waals surface area contributed by atoms with Crippen LogP contribution in [-0.4, -0.2) is 88.1 Å². The molecule has 31 heavy (non-hydrogen) atoms. The van der Waals surface area contributed by atoms with Crippen LogP contribution in [0.3, 0.4) is 0 Å². The summed E-state index contributed by atoms with van der Waals surface area (Å²) < 4.78 is 11.6. The Hall–Kier alpha value is -1.71. The van der Waals surface area contributed by atoms with Crippen LogP contribution in [0.15, 0.2) is 25.3 Å². The van der Waals surface area contributed by atoms with Crippen LogP contribution in [-0.2, 0) is 23.9 Å². The quantitative estimate of drug-likeness (QED) is 0.261. The van der Waals surface area contributed by atoms with E-state index in [0.717, 1.165) is 12.8 Å². The molecule has 8 nitrogen and oxygen atoms in total. The first-order chi connectivity index (χ1) is 14.9. The van der Waals surface area contributed by atoms with Crippen LogP contribution in [0.1, 0.15) is 26.2 Å². The van der Waals surface area contributed by atoms with Crippen molar-refractivity contribution in [2.24, 2.45) is 11.8 Å². The van der Waals surface area contributed by atoms with E-state index in [2.05, 4.69) is 29.1 Å². The van der Waals surface area contributed by atoms with Crippen LogP contribution in [0.5, 0.6) is 0 Å². The largest absolute Gasteiger partial charge is 0.461 e. The minimum atomic E-state index is -1.13. The molecule has 1 spiro atoms. The lowest BCUT2D eigenvalue weighted by molar-refractivity contribution is -0.154. The van der Waals surface area contributed by atoms with E-state index >= 15 is 0 Å². The zero-order chi connectivity index (χ0) is 22.8. The van der Waals surface area contributed by atoms with Crippen LogP contribution >= 0.6 is 15.9 Å². The number of aliphatic hydroxyl groups is 1. The second-order valence-corrected chi connectivity index (χ2v) is 9.44. The van der Waals surface area contributed by atoms with Crippen LogP contribution in [0.25, 0.3) is 0 Å². The molecule has 172 valence electrons. The van der Waals surface area contributed by atoms with Gasteiger partial charge in [0.15, 0.2) is 0 Å². The molecule has 3 unspecified atom stereocenters. The van der Waals surface area contributed by atoms with Crippen LogP contribution in [0, 0.1) is 11.8 Å². The molecule has 0 aromatic rings. The highest BCUT2D eigenvalue weighted by molar-refractivity contribution is 9.09. The number of β-amino-alcohol motifs (C(OH)–C–C–N with tert-alkyl or cyclic N) is 1. The van der Waals surface area contributed by atoms with Gasteiger partial charge in [0, 0.05) is 24.5 Å². The standard InChI is InChI=1S/C22H31BrN2O6/c1-4-7-9-24(8-5-2)20(28)18-22-13-14(23)17(31-22)15(21(29)30-12-6-3)16(22)19(27)25(18)10-11-26/h5-6,14-18,26H,2-4,7-13H2,1H3/t14?,15-,16+,17-,18?,22?/m1/s1. The normalized spacial score (nSPS) is 33.3. The molecule has 0 aromatic heterocycles. The second kappa shape index (κ2) is 9.83. The third-order valence-electron chi connectivity index (χ3n) is 6.42. The number of fused-ring (bicyclic) bond motifs is 1. The molecule has 3 aliphatic heterocycles. The molecule has 2 bridgehead atoms. The van der Waals surface area contributed by atoms with E-state index in [1.165, 1.54) is 11.0 Å². The number of halogens is 1. The smallest absolute Gasteiger partial charge is 0.312 e. The van der Waals surface area contributed by atoms with Gasteiger partial charge >= 0.3 is 5.97 Å². The summed E-state index contributed by atoms with van der Waals surface area (Å²) in [6.07, 6.45) is 4.73. The van der Waals surface area contributed by atoms with E-state index in [1.54, 1.807) is 11.0 Å². The Kier molecular flexibility index (Phi) is 7.59. The molecule has 3 fully saturated rings. The van der Waals surface area contributed by atoms with Crippen molar-refractivity contribution in [3.05, 3.63) is 25.3 Å². The van der Waals surface area contributed by atoms with Gasteiger partial charge in [-0.2, -0.15) is 0 Å². The molecule has 2 amide bonds. The first-order valence-corrected chi connectivity index (χ1v) is 11.7. The van der Waals surface area contributed by atoms with Crippen molar-refractivity contribution in [3.8, 4) is 0 Å². The second-order valence-electron chi connectivity index (χ2n) is 8.26. The number of carbonyl (C=O) groups is 3. The Labute approximate surface area is 191 Å². The summed E-state index contributed by atoms with van der Waals surface area (Å²) in [7, 11) is 0. The summed E-state index contributed by atoms with van der Waals surface area (Å²) in [6.45, 7) is 9.98. The molecular weight excluding hydrogens is 468 g/mol. The Bertz CT molecular complexity index is 746. The molecule has 0 saturated carbocycles. The van der Waals surface area contributed by atoms with Crippen molar-refractivity contribution in [3.63, 3.8) is 0 Å².